The Bertz CT molecular complexity index is 50.4. The number of carbonyl (C=O) groups excluding carboxylic acids is 1. The third-order valence-corrected chi connectivity index (χ3v) is 0.670. The van der Waals surface area contributed by atoms with Gasteiger partial charge in [0.15, 0.2) is 0 Å². The molecule has 0 amide bonds. The first-order valence-corrected chi connectivity index (χ1v) is 2.13. The molecule has 0 aliphatic carbocycles. The molecule has 8 heavy (non-hydrogen) atoms. The van der Waals surface area contributed by atoms with Crippen LogP contribution in [-0.2, 0) is 25.9 Å². The van der Waals surface area contributed by atoms with Gasteiger partial charge in [0.05, 0.1) is 0 Å². The Morgan fingerprint density at radius 2 is 2.00 bits per heavy atom. The maximum absolute atomic E-state index is 10.1. The van der Waals surface area contributed by atoms with E-state index in [2.05, 4.69) is 0 Å². The van der Waals surface area contributed by atoms with Crippen LogP contribution in [-0.4, -0.2) is 14.2 Å². The second kappa shape index (κ2) is 10.3. The van der Waals surface area contributed by atoms with E-state index in [0.29, 0.717) is 6.42 Å². The predicted octanol–water partition coefficient (Wildman–Crippen LogP) is 0.806. The monoisotopic (exact) mass is 280 g/mol. The van der Waals surface area contributed by atoms with Crippen molar-refractivity contribution in [2.75, 3.05) is 0 Å². The van der Waals surface area contributed by atoms with Crippen molar-refractivity contribution in [1.82, 2.24) is 0 Å². The molecule has 0 fully saturated rings. The molecule has 0 saturated heterocycles. The van der Waals surface area contributed by atoms with Gasteiger partial charge in [-0.1, -0.05) is 6.92 Å². The zero-order valence-corrected chi connectivity index (χ0v) is 8.11. The maximum atomic E-state index is 10.1. The van der Waals surface area contributed by atoms with Gasteiger partial charge < -0.3 is 11.2 Å². The van der Waals surface area contributed by atoms with Gasteiger partial charge in [-0.3, -0.25) is 0 Å². The molecule has 0 saturated carbocycles. The molecule has 0 aromatic rings. The molecule has 0 aromatic carbocycles. The summed E-state index contributed by atoms with van der Waals surface area (Å²) in [6.45, 7) is 3.61. The van der Waals surface area contributed by atoms with E-state index < -0.39 is 0 Å². The van der Waals surface area contributed by atoms with E-state index in [1.165, 1.54) is 0 Å². The van der Waals surface area contributed by atoms with Crippen molar-refractivity contribution in [2.45, 2.75) is 20.3 Å². The van der Waals surface area contributed by atoms with E-state index in [4.69, 9.17) is 0 Å². The van der Waals surface area contributed by atoms with Gasteiger partial charge in [0.1, 0.15) is 0 Å². The predicted molar refractivity (Wildman–Crippen MR) is 31.0 cm³/mol. The van der Waals surface area contributed by atoms with Crippen LogP contribution >= 0.6 is 0 Å². The summed E-state index contributed by atoms with van der Waals surface area (Å²) >= 11 is 0. The number of Topliss-reactive ketones (excluding diaryl/α,β-unsaturated/α-hetero) is 1. The van der Waals surface area contributed by atoms with E-state index in [1.54, 1.807) is 13.3 Å². The third-order valence-electron chi connectivity index (χ3n) is 0.670. The second-order valence-electron chi connectivity index (χ2n) is 1.11. The molecule has 0 aromatic heterocycles. The van der Waals surface area contributed by atoms with E-state index in [0.717, 1.165) is 0 Å². The Labute approximate surface area is 67.1 Å². The van der Waals surface area contributed by atoms with Gasteiger partial charge in [-0.15, -0.1) is 0 Å². The molecular formula is C5H9BOW-. The fourth-order valence-corrected chi connectivity index (χ4v) is 0.204. The van der Waals surface area contributed by atoms with Gasteiger partial charge in [0.2, 0.25) is 0 Å². The van der Waals surface area contributed by atoms with Crippen LogP contribution in [0.4, 0.5) is 0 Å². The molecular weight excluding hydrogens is 271 g/mol. The van der Waals surface area contributed by atoms with Crippen molar-refractivity contribution in [2.24, 2.45) is 0 Å². The molecule has 0 heterocycles. The molecule has 3 radical (unpaired) electrons. The van der Waals surface area contributed by atoms with Gasteiger partial charge in [-0.2, -0.15) is 6.92 Å². The number of rotatable bonds is 2. The minimum atomic E-state index is 0. The molecule has 45 valence electrons. The van der Waals surface area contributed by atoms with Gasteiger partial charge in [-0.25, -0.2) is 0 Å². The van der Waals surface area contributed by atoms with Crippen LogP contribution in [0.25, 0.3) is 0 Å². The van der Waals surface area contributed by atoms with Crippen molar-refractivity contribution in [3.05, 3.63) is 6.42 Å². The van der Waals surface area contributed by atoms with Crippen LogP contribution in [0.1, 0.15) is 20.3 Å². The summed E-state index contributed by atoms with van der Waals surface area (Å²) in [5.41, 5.74) is 0. The average Bonchev–Trinajstić information content (AvgIpc) is 1.65. The van der Waals surface area contributed by atoms with Crippen molar-refractivity contribution in [1.29, 1.82) is 0 Å². The summed E-state index contributed by atoms with van der Waals surface area (Å²) in [5, 5.41) is 0. The minimum absolute atomic E-state index is 0. The maximum Gasteiger partial charge on any atom is 0 e. The summed E-state index contributed by atoms with van der Waals surface area (Å²) in [5.74, 6) is 0.218. The van der Waals surface area contributed by atoms with Crippen molar-refractivity contribution in [3.8, 4) is 0 Å². The van der Waals surface area contributed by atoms with Gasteiger partial charge in [0.25, 0.3) is 0 Å². The molecule has 1 nitrogen and oxygen atoms in total. The van der Waals surface area contributed by atoms with Crippen LogP contribution in [0.3, 0.4) is 0 Å². The van der Waals surface area contributed by atoms with Crippen LogP contribution in [0.15, 0.2) is 0 Å². The van der Waals surface area contributed by atoms with Crippen LogP contribution in [0, 0.1) is 6.42 Å². The fourth-order valence-electron chi connectivity index (χ4n) is 0.204. The summed E-state index contributed by atoms with van der Waals surface area (Å²) < 4.78 is 0. The Morgan fingerprint density at radius 1 is 1.62 bits per heavy atom. The van der Waals surface area contributed by atoms with Crippen LogP contribution in [0.5, 0.6) is 0 Å². The first kappa shape index (κ1) is 15.7. The quantitative estimate of drug-likeness (QED) is 0.540. The normalized spacial score (nSPS) is 5.75. The topological polar surface area (TPSA) is 17.1 Å². The molecule has 0 aliphatic rings. The van der Waals surface area contributed by atoms with Gasteiger partial charge in [0, 0.05) is 29.5 Å². The van der Waals surface area contributed by atoms with Gasteiger partial charge >= 0.3 is 0 Å². The van der Waals surface area contributed by atoms with Crippen LogP contribution in [0.2, 0.25) is 0 Å². The molecule has 0 rings (SSSR count). The molecule has 0 spiro atoms. The van der Waals surface area contributed by atoms with E-state index in [-0.39, 0.29) is 35.3 Å². The standard InChI is InChI=1S/C5H9O.B.W/c1-3-5(6)4-2;;/h3H,4H2,1-2H3;;/q-1;;. The largest absolute Gasteiger partial charge is 0.334 e. The molecule has 0 atom stereocenters. The van der Waals surface area contributed by atoms with Crippen molar-refractivity contribution in [3.63, 3.8) is 0 Å². The smallest absolute Gasteiger partial charge is 0 e. The molecule has 0 aliphatic heterocycles. The number of hydrogen-bond donors (Lipinski definition) is 0. The molecule has 0 N–H and O–H groups in total. The summed E-state index contributed by atoms with van der Waals surface area (Å²) in [4.78, 5) is 10.1. The number of carbonyl (C=O) groups is 1. The molecule has 0 unspecified atom stereocenters. The third kappa shape index (κ3) is 9.57. The number of ketones is 1. The number of hydrogen-bond acceptors (Lipinski definition) is 1. The Kier molecular flexibility index (Phi) is 20.3. The Balaban J connectivity index is -0.000000125. The Hall–Kier alpha value is 0.293. The average molecular weight is 280 g/mol. The first-order valence-electron chi connectivity index (χ1n) is 2.13. The van der Waals surface area contributed by atoms with Crippen LogP contribution < -0.4 is 0 Å². The summed E-state index contributed by atoms with van der Waals surface area (Å²) in [6.07, 6.45) is 2.22. The van der Waals surface area contributed by atoms with E-state index in [9.17, 15) is 4.79 Å². The van der Waals surface area contributed by atoms with E-state index in [1.807, 2.05) is 6.92 Å². The second-order valence-corrected chi connectivity index (χ2v) is 1.11. The summed E-state index contributed by atoms with van der Waals surface area (Å²) in [7, 11) is 0. The zero-order valence-electron chi connectivity index (χ0n) is 5.18. The van der Waals surface area contributed by atoms with Crippen molar-refractivity contribution >= 4 is 14.2 Å². The first-order chi connectivity index (χ1) is 2.81. The van der Waals surface area contributed by atoms with E-state index >= 15 is 0 Å². The summed E-state index contributed by atoms with van der Waals surface area (Å²) in [6, 6.07) is 0. The fraction of sp³-hybridized carbons (Fsp3) is 0.600. The van der Waals surface area contributed by atoms with Gasteiger partial charge in [-0.05, 0) is 12.2 Å². The molecule has 3 heteroatoms. The zero-order chi connectivity index (χ0) is 4.99. The SMILES string of the molecule is C[CH-]C(=O)CC.[B].[W]. The van der Waals surface area contributed by atoms with Crippen molar-refractivity contribution < 1.29 is 25.9 Å². The molecule has 0 bridgehead atoms. The Morgan fingerprint density at radius 3 is 2.00 bits per heavy atom. The minimum Gasteiger partial charge on any atom is -0.334 e.